The summed E-state index contributed by atoms with van der Waals surface area (Å²) >= 11 is 9.43. The number of hydrogen-bond donors (Lipinski definition) is 1. The molecule has 1 nitrogen and oxygen atoms in total. The van der Waals surface area contributed by atoms with Crippen molar-refractivity contribution in [3.63, 3.8) is 0 Å². The molecular formula is C15H13BrClF2N. The largest absolute Gasteiger partial charge is 0.313 e. The second-order valence-electron chi connectivity index (χ2n) is 4.50. The van der Waals surface area contributed by atoms with Crippen molar-refractivity contribution in [2.24, 2.45) is 0 Å². The lowest BCUT2D eigenvalue weighted by Crippen LogP contribution is -2.19. The molecule has 0 heterocycles. The van der Waals surface area contributed by atoms with E-state index in [1.165, 1.54) is 6.07 Å². The van der Waals surface area contributed by atoms with Crippen LogP contribution in [0.2, 0.25) is 5.02 Å². The molecule has 0 saturated heterocycles. The molecule has 1 unspecified atom stereocenters. The minimum Gasteiger partial charge on any atom is -0.313 e. The molecule has 106 valence electrons. The molecule has 20 heavy (non-hydrogen) atoms. The summed E-state index contributed by atoms with van der Waals surface area (Å²) in [5.74, 6) is -1.66. The van der Waals surface area contributed by atoms with E-state index in [1.54, 1.807) is 12.1 Å². The minimum atomic E-state index is -0.833. The maximum absolute atomic E-state index is 13.2. The van der Waals surface area contributed by atoms with Crippen LogP contribution in [0.5, 0.6) is 0 Å². The molecule has 2 rings (SSSR count). The molecule has 0 aliphatic heterocycles. The number of hydrogen-bond acceptors (Lipinski definition) is 1. The average molecular weight is 361 g/mol. The Bertz CT molecular complexity index is 599. The zero-order valence-corrected chi connectivity index (χ0v) is 13.1. The Hall–Kier alpha value is -0.970. The molecule has 0 aliphatic rings. The van der Waals surface area contributed by atoms with Crippen molar-refractivity contribution in [2.75, 3.05) is 7.05 Å². The molecule has 0 fully saturated rings. The molecule has 0 saturated carbocycles. The fraction of sp³-hybridized carbons (Fsp3) is 0.200. The molecular weight excluding hydrogens is 348 g/mol. The van der Waals surface area contributed by atoms with Gasteiger partial charge in [-0.1, -0.05) is 33.6 Å². The van der Waals surface area contributed by atoms with Crippen LogP contribution in [0.3, 0.4) is 0 Å². The maximum Gasteiger partial charge on any atom is 0.159 e. The third kappa shape index (κ3) is 3.78. The van der Waals surface area contributed by atoms with Crippen LogP contribution in [-0.2, 0) is 6.42 Å². The van der Waals surface area contributed by atoms with Crippen LogP contribution in [0.25, 0.3) is 0 Å². The van der Waals surface area contributed by atoms with Crippen molar-refractivity contribution in [3.05, 3.63) is 68.7 Å². The van der Waals surface area contributed by atoms with Crippen LogP contribution in [0, 0.1) is 11.6 Å². The van der Waals surface area contributed by atoms with E-state index in [4.69, 9.17) is 11.6 Å². The molecule has 0 aliphatic carbocycles. The Labute approximate surface area is 130 Å². The Kier molecular flexibility index (Phi) is 5.13. The Morgan fingerprint density at radius 3 is 2.50 bits per heavy atom. The van der Waals surface area contributed by atoms with E-state index in [2.05, 4.69) is 21.2 Å². The predicted octanol–water partition coefficient (Wildman–Crippen LogP) is 4.88. The second-order valence-corrected chi connectivity index (χ2v) is 5.85. The molecule has 1 N–H and O–H groups in total. The van der Waals surface area contributed by atoms with Gasteiger partial charge in [0.1, 0.15) is 0 Å². The first-order chi connectivity index (χ1) is 9.49. The van der Waals surface area contributed by atoms with Gasteiger partial charge in [0.2, 0.25) is 0 Å². The van der Waals surface area contributed by atoms with Crippen LogP contribution in [0.1, 0.15) is 17.2 Å². The molecule has 2 aromatic rings. The van der Waals surface area contributed by atoms with Gasteiger partial charge in [-0.15, -0.1) is 0 Å². The SMILES string of the molecule is CNC(Cc1ccc(F)c(F)c1)c1cc(Cl)cc(Br)c1. The second kappa shape index (κ2) is 6.66. The van der Waals surface area contributed by atoms with Crippen LogP contribution in [0.4, 0.5) is 8.78 Å². The number of rotatable bonds is 4. The first-order valence-electron chi connectivity index (χ1n) is 6.07. The summed E-state index contributed by atoms with van der Waals surface area (Å²) in [6.45, 7) is 0. The highest BCUT2D eigenvalue weighted by molar-refractivity contribution is 9.10. The van der Waals surface area contributed by atoms with Gasteiger partial charge in [0.05, 0.1) is 0 Å². The van der Waals surface area contributed by atoms with E-state index in [9.17, 15) is 8.78 Å². The quantitative estimate of drug-likeness (QED) is 0.819. The minimum absolute atomic E-state index is 0.0325. The van der Waals surface area contributed by atoms with E-state index < -0.39 is 11.6 Å². The lowest BCUT2D eigenvalue weighted by molar-refractivity contribution is 0.504. The van der Waals surface area contributed by atoms with Gasteiger partial charge in [-0.3, -0.25) is 0 Å². The third-order valence-electron chi connectivity index (χ3n) is 3.06. The number of benzene rings is 2. The third-order valence-corrected chi connectivity index (χ3v) is 3.74. The summed E-state index contributed by atoms with van der Waals surface area (Å²) in [5.41, 5.74) is 1.70. The molecule has 0 radical (unpaired) electrons. The van der Waals surface area contributed by atoms with Crippen molar-refractivity contribution in [2.45, 2.75) is 12.5 Å². The van der Waals surface area contributed by atoms with Gasteiger partial charge < -0.3 is 5.32 Å². The monoisotopic (exact) mass is 359 g/mol. The number of halogens is 4. The van der Waals surface area contributed by atoms with E-state index in [0.29, 0.717) is 11.4 Å². The molecule has 0 spiro atoms. The number of nitrogens with one attached hydrogen (secondary N) is 1. The zero-order valence-electron chi connectivity index (χ0n) is 10.8. The first-order valence-corrected chi connectivity index (χ1v) is 7.24. The lowest BCUT2D eigenvalue weighted by atomic mass is 9.99. The van der Waals surface area contributed by atoms with Gasteiger partial charge in [0, 0.05) is 15.5 Å². The lowest BCUT2D eigenvalue weighted by Gasteiger charge is -2.17. The summed E-state index contributed by atoms with van der Waals surface area (Å²) in [7, 11) is 1.82. The maximum atomic E-state index is 13.2. The van der Waals surface area contributed by atoms with Gasteiger partial charge in [-0.05, 0) is 54.9 Å². The van der Waals surface area contributed by atoms with Crippen molar-refractivity contribution in [3.8, 4) is 0 Å². The number of likely N-dealkylation sites (N-methyl/N-ethyl adjacent to an activating group) is 1. The molecule has 2 aromatic carbocycles. The topological polar surface area (TPSA) is 12.0 Å². The summed E-state index contributed by atoms with van der Waals surface area (Å²) in [6, 6.07) is 9.53. The molecule has 0 aromatic heterocycles. The summed E-state index contributed by atoms with van der Waals surface area (Å²) < 4.78 is 27.1. The van der Waals surface area contributed by atoms with Crippen LogP contribution in [-0.4, -0.2) is 7.05 Å². The van der Waals surface area contributed by atoms with Crippen LogP contribution < -0.4 is 5.32 Å². The standard InChI is InChI=1S/C15H13BrClF2N/c1-20-15(10-6-11(16)8-12(17)7-10)5-9-2-3-13(18)14(19)4-9/h2-4,6-8,15,20H,5H2,1H3. The van der Waals surface area contributed by atoms with Gasteiger partial charge in [0.15, 0.2) is 11.6 Å². The normalized spacial score (nSPS) is 12.4. The molecule has 0 bridgehead atoms. The highest BCUT2D eigenvalue weighted by Gasteiger charge is 2.13. The zero-order chi connectivity index (χ0) is 14.7. The Balaban J connectivity index is 2.26. The molecule has 0 amide bonds. The first kappa shape index (κ1) is 15.4. The van der Waals surface area contributed by atoms with Gasteiger partial charge in [-0.25, -0.2) is 8.78 Å². The van der Waals surface area contributed by atoms with Gasteiger partial charge in [-0.2, -0.15) is 0 Å². The fourth-order valence-corrected chi connectivity index (χ4v) is 2.95. The van der Waals surface area contributed by atoms with E-state index in [-0.39, 0.29) is 6.04 Å². The summed E-state index contributed by atoms with van der Waals surface area (Å²) in [6.07, 6.45) is 0.542. The predicted molar refractivity (Wildman–Crippen MR) is 81.0 cm³/mol. The highest BCUT2D eigenvalue weighted by atomic mass is 79.9. The van der Waals surface area contributed by atoms with Crippen molar-refractivity contribution in [1.82, 2.24) is 5.32 Å². The van der Waals surface area contributed by atoms with Gasteiger partial charge in [0.25, 0.3) is 0 Å². The van der Waals surface area contributed by atoms with Crippen molar-refractivity contribution in [1.29, 1.82) is 0 Å². The fourth-order valence-electron chi connectivity index (χ4n) is 2.07. The van der Waals surface area contributed by atoms with E-state index in [1.807, 2.05) is 19.2 Å². The van der Waals surface area contributed by atoms with E-state index >= 15 is 0 Å². The van der Waals surface area contributed by atoms with Crippen LogP contribution in [0.15, 0.2) is 40.9 Å². The summed E-state index contributed by atoms with van der Waals surface area (Å²) in [4.78, 5) is 0. The van der Waals surface area contributed by atoms with Gasteiger partial charge >= 0.3 is 0 Å². The van der Waals surface area contributed by atoms with Crippen LogP contribution >= 0.6 is 27.5 Å². The Morgan fingerprint density at radius 2 is 1.90 bits per heavy atom. The summed E-state index contributed by atoms with van der Waals surface area (Å²) in [5, 5.41) is 3.78. The average Bonchev–Trinajstić information content (AvgIpc) is 2.38. The van der Waals surface area contributed by atoms with Crippen molar-refractivity contribution < 1.29 is 8.78 Å². The van der Waals surface area contributed by atoms with Crippen molar-refractivity contribution >= 4 is 27.5 Å². The Morgan fingerprint density at radius 1 is 1.15 bits per heavy atom. The molecule has 5 heteroatoms. The highest BCUT2D eigenvalue weighted by Crippen LogP contribution is 2.26. The molecule has 1 atom stereocenters. The van der Waals surface area contributed by atoms with E-state index in [0.717, 1.165) is 21.7 Å². The smallest absolute Gasteiger partial charge is 0.159 e.